The molecule has 0 spiro atoms. The van der Waals surface area contributed by atoms with Gasteiger partial charge in [-0.1, -0.05) is 0 Å². The first kappa shape index (κ1) is 14.3. The molecule has 0 unspecified atom stereocenters. The first-order valence-electron chi connectivity index (χ1n) is 7.16. The largest absolute Gasteiger partial charge is 0.497 e. The Kier molecular flexibility index (Phi) is 4.20. The average Bonchev–Trinajstić information content (AvgIpc) is 2.98. The minimum atomic E-state index is 0.164. The molecule has 0 saturated carbocycles. The second-order valence-corrected chi connectivity index (χ2v) is 4.86. The number of ether oxygens (including phenoxy) is 1. The number of nitrogens with zero attached hydrogens (tertiary/aromatic N) is 3. The molecule has 0 bridgehead atoms. The van der Waals surface area contributed by atoms with E-state index in [0.717, 1.165) is 28.5 Å². The molecule has 0 aliphatic rings. The standard InChI is InChI=1S/C16H18N4O2/c1-22-13-5-3-12(4-6-13)14-11-18-16-8-7-15(19-20(14)16)17-9-2-10-21/h3-8,11,21H,2,9-10H2,1H3,(H,17,19). The molecule has 6 nitrogen and oxygen atoms in total. The lowest BCUT2D eigenvalue weighted by Gasteiger charge is -2.07. The Labute approximate surface area is 128 Å². The van der Waals surface area contributed by atoms with Crippen molar-refractivity contribution in [3.8, 4) is 17.0 Å². The lowest BCUT2D eigenvalue weighted by Crippen LogP contribution is -2.07. The first-order valence-corrected chi connectivity index (χ1v) is 7.16. The first-order chi connectivity index (χ1) is 10.8. The molecule has 2 aromatic heterocycles. The van der Waals surface area contributed by atoms with E-state index in [9.17, 15) is 0 Å². The van der Waals surface area contributed by atoms with E-state index in [4.69, 9.17) is 9.84 Å². The summed E-state index contributed by atoms with van der Waals surface area (Å²) in [5.74, 6) is 1.57. The summed E-state index contributed by atoms with van der Waals surface area (Å²) in [6, 6.07) is 11.6. The molecule has 0 aliphatic carbocycles. The zero-order valence-electron chi connectivity index (χ0n) is 12.4. The quantitative estimate of drug-likeness (QED) is 0.683. The highest BCUT2D eigenvalue weighted by molar-refractivity contribution is 5.64. The third kappa shape index (κ3) is 2.87. The Bertz CT molecular complexity index is 752. The number of fused-ring (bicyclic) bond motifs is 1. The van der Waals surface area contributed by atoms with Gasteiger partial charge >= 0.3 is 0 Å². The molecule has 22 heavy (non-hydrogen) atoms. The number of aliphatic hydroxyl groups excluding tert-OH is 1. The summed E-state index contributed by atoms with van der Waals surface area (Å²) >= 11 is 0. The molecule has 2 N–H and O–H groups in total. The minimum Gasteiger partial charge on any atom is -0.497 e. The number of aliphatic hydroxyl groups is 1. The summed E-state index contributed by atoms with van der Waals surface area (Å²) in [7, 11) is 1.65. The van der Waals surface area contributed by atoms with Crippen LogP contribution in [0.2, 0.25) is 0 Å². The van der Waals surface area contributed by atoms with Gasteiger partial charge in [0.1, 0.15) is 11.6 Å². The molecule has 3 rings (SSSR count). The number of methoxy groups -OCH3 is 1. The van der Waals surface area contributed by atoms with Crippen LogP contribution in [0.5, 0.6) is 5.75 Å². The molecule has 3 aromatic rings. The van der Waals surface area contributed by atoms with Crippen molar-refractivity contribution in [3.63, 3.8) is 0 Å². The third-order valence-electron chi connectivity index (χ3n) is 3.39. The number of anilines is 1. The van der Waals surface area contributed by atoms with Crippen LogP contribution in [0.15, 0.2) is 42.6 Å². The van der Waals surface area contributed by atoms with Crippen molar-refractivity contribution in [1.82, 2.24) is 14.6 Å². The van der Waals surface area contributed by atoms with E-state index in [1.807, 2.05) is 47.1 Å². The van der Waals surface area contributed by atoms with Crippen LogP contribution in [0, 0.1) is 0 Å². The zero-order chi connectivity index (χ0) is 15.4. The van der Waals surface area contributed by atoms with Gasteiger partial charge < -0.3 is 15.2 Å². The van der Waals surface area contributed by atoms with Crippen LogP contribution < -0.4 is 10.1 Å². The molecule has 114 valence electrons. The molecule has 0 saturated heterocycles. The summed E-state index contributed by atoms with van der Waals surface area (Å²) < 4.78 is 6.99. The Morgan fingerprint density at radius 2 is 2.00 bits per heavy atom. The molecule has 0 atom stereocenters. The smallest absolute Gasteiger partial charge is 0.154 e. The van der Waals surface area contributed by atoms with Gasteiger partial charge in [0.05, 0.1) is 19.0 Å². The number of rotatable bonds is 6. The Hall–Kier alpha value is -2.60. The van der Waals surface area contributed by atoms with Crippen LogP contribution in [0.1, 0.15) is 6.42 Å². The predicted octanol–water partition coefficient (Wildman–Crippen LogP) is 2.20. The number of hydrogen-bond donors (Lipinski definition) is 2. The normalized spacial score (nSPS) is 10.8. The van der Waals surface area contributed by atoms with Crippen molar-refractivity contribution in [2.75, 3.05) is 25.6 Å². The van der Waals surface area contributed by atoms with E-state index in [2.05, 4.69) is 15.4 Å². The maximum Gasteiger partial charge on any atom is 0.154 e. The van der Waals surface area contributed by atoms with Crippen LogP contribution in [0.4, 0.5) is 5.82 Å². The molecular formula is C16H18N4O2. The van der Waals surface area contributed by atoms with Gasteiger partial charge in [-0.15, -0.1) is 5.10 Å². The zero-order valence-corrected chi connectivity index (χ0v) is 12.4. The SMILES string of the molecule is COc1ccc(-c2cnc3ccc(NCCCO)nn23)cc1. The van der Waals surface area contributed by atoms with Crippen molar-refractivity contribution >= 4 is 11.5 Å². The van der Waals surface area contributed by atoms with Crippen LogP contribution >= 0.6 is 0 Å². The molecule has 0 fully saturated rings. The Morgan fingerprint density at radius 1 is 1.18 bits per heavy atom. The highest BCUT2D eigenvalue weighted by atomic mass is 16.5. The van der Waals surface area contributed by atoms with Gasteiger partial charge in [0, 0.05) is 18.7 Å². The lowest BCUT2D eigenvalue weighted by molar-refractivity contribution is 0.292. The number of benzene rings is 1. The highest BCUT2D eigenvalue weighted by Gasteiger charge is 2.08. The monoisotopic (exact) mass is 298 g/mol. The van der Waals surface area contributed by atoms with Crippen molar-refractivity contribution in [1.29, 1.82) is 0 Å². The molecule has 0 radical (unpaired) electrons. The fourth-order valence-electron chi connectivity index (χ4n) is 2.22. The van der Waals surface area contributed by atoms with Gasteiger partial charge in [0.25, 0.3) is 0 Å². The Morgan fingerprint density at radius 3 is 2.73 bits per heavy atom. The summed E-state index contributed by atoms with van der Waals surface area (Å²) in [6.45, 7) is 0.846. The van der Waals surface area contributed by atoms with Gasteiger partial charge in [0.15, 0.2) is 5.65 Å². The van der Waals surface area contributed by atoms with Crippen molar-refractivity contribution in [3.05, 3.63) is 42.6 Å². The van der Waals surface area contributed by atoms with Crippen LogP contribution in [-0.4, -0.2) is 40.0 Å². The van der Waals surface area contributed by atoms with Gasteiger partial charge in [-0.2, -0.15) is 0 Å². The Balaban J connectivity index is 1.93. The van der Waals surface area contributed by atoms with E-state index in [-0.39, 0.29) is 6.61 Å². The van der Waals surface area contributed by atoms with E-state index in [1.165, 1.54) is 0 Å². The van der Waals surface area contributed by atoms with Crippen LogP contribution in [0.25, 0.3) is 16.9 Å². The number of hydrogen-bond acceptors (Lipinski definition) is 5. The van der Waals surface area contributed by atoms with Gasteiger partial charge in [-0.3, -0.25) is 0 Å². The molecule has 2 heterocycles. The maximum absolute atomic E-state index is 8.83. The predicted molar refractivity (Wildman–Crippen MR) is 85.2 cm³/mol. The second-order valence-electron chi connectivity index (χ2n) is 4.86. The fraction of sp³-hybridized carbons (Fsp3) is 0.250. The number of nitrogens with one attached hydrogen (secondary N) is 1. The third-order valence-corrected chi connectivity index (χ3v) is 3.39. The average molecular weight is 298 g/mol. The van der Waals surface area contributed by atoms with Crippen molar-refractivity contribution in [2.24, 2.45) is 0 Å². The molecule has 0 amide bonds. The fourth-order valence-corrected chi connectivity index (χ4v) is 2.22. The van der Waals surface area contributed by atoms with E-state index in [0.29, 0.717) is 13.0 Å². The molecule has 1 aromatic carbocycles. The second kappa shape index (κ2) is 6.44. The van der Waals surface area contributed by atoms with Crippen molar-refractivity contribution < 1.29 is 9.84 Å². The number of aromatic nitrogens is 3. The van der Waals surface area contributed by atoms with E-state index < -0.39 is 0 Å². The van der Waals surface area contributed by atoms with E-state index >= 15 is 0 Å². The minimum absolute atomic E-state index is 0.164. The topological polar surface area (TPSA) is 71.7 Å². The van der Waals surface area contributed by atoms with Crippen LogP contribution in [0.3, 0.4) is 0 Å². The van der Waals surface area contributed by atoms with Crippen molar-refractivity contribution in [2.45, 2.75) is 6.42 Å². The summed E-state index contributed by atoms with van der Waals surface area (Å²) in [6.07, 6.45) is 2.50. The summed E-state index contributed by atoms with van der Waals surface area (Å²) in [5.41, 5.74) is 2.73. The van der Waals surface area contributed by atoms with Gasteiger partial charge in [-0.05, 0) is 42.8 Å². The molecular weight excluding hydrogens is 280 g/mol. The maximum atomic E-state index is 8.83. The summed E-state index contributed by atoms with van der Waals surface area (Å²) in [5, 5.41) is 16.6. The summed E-state index contributed by atoms with van der Waals surface area (Å²) in [4.78, 5) is 4.38. The van der Waals surface area contributed by atoms with E-state index in [1.54, 1.807) is 7.11 Å². The lowest BCUT2D eigenvalue weighted by atomic mass is 10.1. The molecule has 0 aliphatic heterocycles. The molecule has 6 heteroatoms. The van der Waals surface area contributed by atoms with Crippen LogP contribution in [-0.2, 0) is 0 Å². The highest BCUT2D eigenvalue weighted by Crippen LogP contribution is 2.23. The van der Waals surface area contributed by atoms with Gasteiger partial charge in [0.2, 0.25) is 0 Å². The van der Waals surface area contributed by atoms with Gasteiger partial charge in [-0.25, -0.2) is 9.50 Å². The number of imidazole rings is 1.